The smallest absolute Gasteiger partial charge is 0.343 e. The predicted molar refractivity (Wildman–Crippen MR) is 335 cm³/mol. The van der Waals surface area contributed by atoms with Crippen molar-refractivity contribution in [3.8, 4) is 11.4 Å². The summed E-state index contributed by atoms with van der Waals surface area (Å²) in [4.78, 5) is 151. The third-order valence-corrected chi connectivity index (χ3v) is 18.1. The second-order valence-corrected chi connectivity index (χ2v) is 24.3. The van der Waals surface area contributed by atoms with Gasteiger partial charge in [0.25, 0.3) is 17.4 Å². The summed E-state index contributed by atoms with van der Waals surface area (Å²) in [6.07, 6.45) is -3.69. The first-order valence-electron chi connectivity index (χ1n) is 31.8. The number of aryl methyl sites for hydroxylation is 1. The van der Waals surface area contributed by atoms with Crippen molar-refractivity contribution in [2.24, 2.45) is 0 Å². The van der Waals surface area contributed by atoms with Crippen LogP contribution in [0.25, 0.3) is 22.3 Å². The minimum absolute atomic E-state index is 0.0248. The number of rotatable bonds is 31. The maximum Gasteiger partial charge on any atom is 0.343 e. The Morgan fingerprint density at radius 3 is 2.18 bits per heavy atom. The number of hydrogen-bond acceptors (Lipinski definition) is 21. The average molecular weight is 1340 g/mol. The maximum absolute atomic E-state index is 15.5. The molecule has 0 unspecified atom stereocenters. The van der Waals surface area contributed by atoms with Crippen LogP contribution in [0.3, 0.4) is 0 Å². The minimum atomic E-state index is -2.04. The lowest BCUT2D eigenvalue weighted by molar-refractivity contribution is -0.227. The number of pyridine rings is 2. The summed E-state index contributed by atoms with van der Waals surface area (Å²) >= 11 is 0. The fraction of sp³-hybridized carbons (Fsp3) is 0.508. The molecule has 30 nitrogen and oxygen atoms in total. The molecule has 1 fully saturated rings. The number of nitrogens with one attached hydrogen (secondary N) is 7. The van der Waals surface area contributed by atoms with Gasteiger partial charge in [0, 0.05) is 79.7 Å². The van der Waals surface area contributed by atoms with Crippen molar-refractivity contribution in [1.82, 2.24) is 56.6 Å². The molecular weight excluding hydrogens is 1260 g/mol. The van der Waals surface area contributed by atoms with Gasteiger partial charge in [-0.05, 0) is 80.8 Å². The molecule has 96 heavy (non-hydrogen) atoms. The molecule has 12 N–H and O–H groups in total. The Balaban J connectivity index is 0.739. The molecule has 0 radical (unpaired) electrons. The summed E-state index contributed by atoms with van der Waals surface area (Å²) < 4.78 is 33.6. The summed E-state index contributed by atoms with van der Waals surface area (Å²) in [6, 6.07) is 8.75. The van der Waals surface area contributed by atoms with E-state index in [1.807, 2.05) is 7.05 Å². The van der Waals surface area contributed by atoms with Crippen molar-refractivity contribution in [2.45, 2.75) is 145 Å². The minimum Gasteiger partial charge on any atom is -0.458 e. The lowest BCUT2D eigenvalue weighted by atomic mass is 9.81. The zero-order valence-corrected chi connectivity index (χ0v) is 53.3. The Labute approximate surface area is 549 Å². The topological polar surface area (TPSA) is 425 Å². The molecule has 4 aliphatic heterocycles. The second kappa shape index (κ2) is 31.7. The van der Waals surface area contributed by atoms with Gasteiger partial charge in [0.1, 0.15) is 61.8 Å². The lowest BCUT2D eigenvalue weighted by Gasteiger charge is -2.40. The summed E-state index contributed by atoms with van der Waals surface area (Å²) in [5, 5.41) is 69.8. The van der Waals surface area contributed by atoms with Crippen LogP contribution in [0.1, 0.15) is 103 Å². The Morgan fingerprint density at radius 1 is 0.792 bits per heavy atom. The zero-order valence-electron chi connectivity index (χ0n) is 53.3. The Hall–Kier alpha value is -8.95. The van der Waals surface area contributed by atoms with E-state index < -0.39 is 151 Å². The molecule has 516 valence electrons. The van der Waals surface area contributed by atoms with E-state index in [0.717, 1.165) is 39.1 Å². The van der Waals surface area contributed by atoms with Crippen molar-refractivity contribution >= 4 is 70.0 Å². The molecule has 0 spiro atoms. The number of ether oxygens (including phenoxy) is 3. The normalized spacial score (nSPS) is 21.4. The number of fused-ring (bicyclic) bond motifs is 5. The van der Waals surface area contributed by atoms with Gasteiger partial charge in [0.15, 0.2) is 5.60 Å². The number of nitrogens with zero attached hydrogens (tertiary/aromatic N) is 4. The molecule has 9 atom stereocenters. The summed E-state index contributed by atoms with van der Waals surface area (Å²) in [5.41, 5.74) is 2.71. The number of carbonyl (C=O) groups excluding carboxylic acids is 10. The third-order valence-electron chi connectivity index (χ3n) is 18.1. The van der Waals surface area contributed by atoms with Gasteiger partial charge in [-0.25, -0.2) is 14.2 Å². The predicted octanol–water partition coefficient (Wildman–Crippen LogP) is -2.68. The van der Waals surface area contributed by atoms with Gasteiger partial charge >= 0.3 is 5.97 Å². The van der Waals surface area contributed by atoms with Gasteiger partial charge in [0.2, 0.25) is 41.4 Å². The van der Waals surface area contributed by atoms with E-state index in [1.54, 1.807) is 54.8 Å². The standard InChI is InChI=1S/C65H80FN11O19/c1-4-65(93)39-24-45-57-37(30-77(45)63(91)38(39)32-95-64(65)92)56-44(16-14-36-34(2)40(66)25-42(74-57)55(36)56)75(3)21-22-94-33-71-51(82)28-70-62(90)43(23-35-11-7-5-8-12-35)73-52(83)29-68-50(81)27-69-61(89)41(72-49(80)13-9-6-10-20-76-53(84)18-19-54(76)85)15-17-48(79)67-26-46-58(86)60(88)59(87)47(31-78)96-46/h5,7-8,11-12,18-19,24-25,41,43-44,46-47,58-60,78,86-88,93H,4,6,9-10,13-17,20-23,26-33H2,1-3H3,(H,67,79)(H,68,81)(H,69,89)(H,70,90)(H,71,82)(H,72,80)(H,73,83)/t41-,43-,44-,46-,47+,58-,59+,60+,65-/m0/s1. The number of aliphatic hydroxyl groups excluding tert-OH is 4. The molecule has 5 aliphatic rings. The molecule has 1 saturated heterocycles. The number of esters is 1. The third kappa shape index (κ3) is 16.3. The van der Waals surface area contributed by atoms with Gasteiger partial charge in [-0.1, -0.05) is 43.7 Å². The highest BCUT2D eigenvalue weighted by atomic mass is 19.1. The lowest BCUT2D eigenvalue weighted by Crippen LogP contribution is -2.60. The van der Waals surface area contributed by atoms with Gasteiger partial charge in [-0.2, -0.15) is 0 Å². The van der Waals surface area contributed by atoms with Crippen LogP contribution in [0.4, 0.5) is 4.39 Å². The SMILES string of the molecule is CC[C@@]1(O)C(=O)OCc2c1cc1n(c2=O)Cc2c-1nc1cc(F)c(C)c3c1c2[C@@H](N(C)CCOCNC(=O)CNC(=O)[C@H](Cc1ccccc1)NC(=O)CNC(=O)CNC(=O)[C@H](CCC(=O)NC[C@@H]1O[C@H](CO)[C@@H](O)[C@H](O)[C@H]1O)NC(=O)CCCCCN1C(=O)C=CC1=O)CC3. The number of carbonyl (C=O) groups is 10. The molecule has 2 aromatic carbocycles. The van der Waals surface area contributed by atoms with Crippen molar-refractivity contribution in [3.05, 3.63) is 110 Å². The highest BCUT2D eigenvalue weighted by Gasteiger charge is 2.47. The van der Waals surface area contributed by atoms with Crippen molar-refractivity contribution in [2.75, 3.05) is 66.3 Å². The second-order valence-electron chi connectivity index (χ2n) is 24.3. The highest BCUT2D eigenvalue weighted by Crippen LogP contribution is 2.47. The molecule has 6 heterocycles. The van der Waals surface area contributed by atoms with Crippen LogP contribution in [0, 0.1) is 12.7 Å². The van der Waals surface area contributed by atoms with Crippen LogP contribution in [-0.4, -0.2) is 213 Å². The Morgan fingerprint density at radius 2 is 1.47 bits per heavy atom. The zero-order chi connectivity index (χ0) is 69.1. The largest absolute Gasteiger partial charge is 0.458 e. The average Bonchev–Trinajstić information content (AvgIpc) is 1.49. The fourth-order valence-corrected chi connectivity index (χ4v) is 12.6. The van der Waals surface area contributed by atoms with Crippen molar-refractivity contribution in [3.63, 3.8) is 0 Å². The van der Waals surface area contributed by atoms with E-state index in [4.69, 9.17) is 19.2 Å². The van der Waals surface area contributed by atoms with Gasteiger partial charge < -0.3 is 81.5 Å². The molecule has 0 bridgehead atoms. The van der Waals surface area contributed by atoms with Gasteiger partial charge in [-0.3, -0.25) is 57.7 Å². The van der Waals surface area contributed by atoms with E-state index in [0.29, 0.717) is 66.7 Å². The highest BCUT2D eigenvalue weighted by molar-refractivity contribution is 6.12. The number of likely N-dealkylation sites (N-methyl/N-ethyl adjacent to an activating group) is 1. The van der Waals surface area contributed by atoms with E-state index in [2.05, 4.69) is 42.1 Å². The van der Waals surface area contributed by atoms with E-state index in [-0.39, 0.29) is 82.4 Å². The summed E-state index contributed by atoms with van der Waals surface area (Å²) in [6.45, 7) is 0.617. The first-order valence-corrected chi connectivity index (χ1v) is 31.8. The quantitative estimate of drug-likeness (QED) is 0.00931. The number of benzene rings is 2. The molecule has 4 aromatic rings. The summed E-state index contributed by atoms with van der Waals surface area (Å²) in [7, 11) is 1.90. The number of amides is 9. The fourth-order valence-electron chi connectivity index (χ4n) is 12.6. The first kappa shape index (κ1) is 71.3. The molecular formula is C65H80FN11O19. The van der Waals surface area contributed by atoms with Gasteiger partial charge in [0.05, 0.1) is 61.9 Å². The summed E-state index contributed by atoms with van der Waals surface area (Å²) in [5.74, 6) is -7.38. The Kier molecular flexibility index (Phi) is 23.6. The van der Waals surface area contributed by atoms with Crippen LogP contribution in [0.5, 0.6) is 0 Å². The molecule has 9 rings (SSSR count). The number of cyclic esters (lactones) is 1. The van der Waals surface area contributed by atoms with Crippen molar-refractivity contribution in [1.29, 1.82) is 0 Å². The van der Waals surface area contributed by atoms with Crippen LogP contribution in [-0.2, 0) is 93.8 Å². The van der Waals surface area contributed by atoms with E-state index >= 15 is 4.39 Å². The number of imide groups is 1. The number of aromatic nitrogens is 2. The molecule has 1 aliphatic carbocycles. The number of hydrogen-bond donors (Lipinski definition) is 12. The van der Waals surface area contributed by atoms with E-state index in [9.17, 15) is 78.3 Å². The molecule has 2 aromatic heterocycles. The monoisotopic (exact) mass is 1340 g/mol. The molecule has 31 heteroatoms. The Bertz CT molecular complexity index is 3740. The van der Waals surface area contributed by atoms with Crippen LogP contribution in [0.2, 0.25) is 0 Å². The van der Waals surface area contributed by atoms with Gasteiger partial charge in [-0.15, -0.1) is 0 Å². The van der Waals surface area contributed by atoms with E-state index in [1.165, 1.54) is 6.07 Å². The van der Waals surface area contributed by atoms with Crippen LogP contribution >= 0.6 is 0 Å². The molecule has 0 saturated carbocycles. The van der Waals surface area contributed by atoms with Crippen LogP contribution < -0.4 is 42.8 Å². The maximum atomic E-state index is 15.5. The molecule has 9 amide bonds. The number of unbranched alkanes of at least 4 members (excludes halogenated alkanes) is 2. The van der Waals surface area contributed by atoms with Crippen molar-refractivity contribution < 1.29 is 92.1 Å². The first-order chi connectivity index (χ1) is 45.9. The van der Waals surface area contributed by atoms with Crippen LogP contribution in [0.15, 0.2) is 59.4 Å². The number of aliphatic hydroxyl groups is 5. The number of halogens is 1.